The molecule has 2 heterocycles. The molecule has 0 bridgehead atoms. The zero-order valence-electron chi connectivity index (χ0n) is 20.7. The number of nitrogens with one attached hydrogen (secondary N) is 1. The van der Waals surface area contributed by atoms with E-state index in [1.807, 2.05) is 17.0 Å². The maximum atomic E-state index is 13.4. The molecule has 0 aromatic heterocycles. The first-order chi connectivity index (χ1) is 16.5. The minimum atomic E-state index is -0.0696. The lowest BCUT2D eigenvalue weighted by molar-refractivity contribution is -0.129. The molecule has 0 radical (unpaired) electrons. The highest BCUT2D eigenvalue weighted by molar-refractivity contribution is 6.30. The average Bonchev–Trinajstić information content (AvgIpc) is 3.37. The van der Waals surface area contributed by atoms with Gasteiger partial charge in [0.2, 0.25) is 5.91 Å². The van der Waals surface area contributed by atoms with E-state index in [0.29, 0.717) is 35.6 Å². The number of halogens is 1. The Labute approximate surface area is 210 Å². The predicted molar refractivity (Wildman–Crippen MR) is 137 cm³/mol. The van der Waals surface area contributed by atoms with Crippen LogP contribution >= 0.6 is 11.6 Å². The number of carbonyl (C=O) groups excluding carboxylic acids is 2. The van der Waals surface area contributed by atoms with Crippen molar-refractivity contribution in [2.24, 2.45) is 5.92 Å². The summed E-state index contributed by atoms with van der Waals surface area (Å²) in [5.41, 5.74) is 0.633. The second-order valence-electron chi connectivity index (χ2n) is 10.4. The number of piperidine rings is 1. The monoisotopic (exact) mass is 488 g/mol. The Morgan fingerprint density at radius 2 is 1.76 bits per heavy atom. The summed E-state index contributed by atoms with van der Waals surface area (Å²) in [6, 6.07) is 7.75. The van der Waals surface area contributed by atoms with Crippen LogP contribution in [0.3, 0.4) is 0 Å². The largest absolute Gasteiger partial charge is 0.355 e. The van der Waals surface area contributed by atoms with Crippen LogP contribution in [-0.4, -0.2) is 84.4 Å². The Bertz CT molecular complexity index is 821. The Balaban J connectivity index is 1.29. The minimum Gasteiger partial charge on any atom is -0.355 e. The van der Waals surface area contributed by atoms with Crippen molar-refractivity contribution in [2.75, 3.05) is 45.8 Å². The number of amides is 2. The van der Waals surface area contributed by atoms with Gasteiger partial charge in [-0.25, -0.2) is 0 Å². The zero-order chi connectivity index (χ0) is 23.9. The molecule has 7 heteroatoms. The van der Waals surface area contributed by atoms with E-state index in [1.165, 1.54) is 38.6 Å². The van der Waals surface area contributed by atoms with E-state index in [1.54, 1.807) is 12.1 Å². The first kappa shape index (κ1) is 25.5. The topological polar surface area (TPSA) is 55.9 Å². The van der Waals surface area contributed by atoms with Gasteiger partial charge in [-0.2, -0.15) is 0 Å². The third-order valence-electron chi connectivity index (χ3n) is 8.04. The number of likely N-dealkylation sites (tertiary alicyclic amines) is 1. The van der Waals surface area contributed by atoms with Crippen molar-refractivity contribution >= 4 is 23.4 Å². The lowest BCUT2D eigenvalue weighted by atomic mass is 9.95. The van der Waals surface area contributed by atoms with Gasteiger partial charge < -0.3 is 15.1 Å². The number of rotatable bonds is 8. The molecule has 3 fully saturated rings. The Morgan fingerprint density at radius 3 is 2.47 bits per heavy atom. The second-order valence-corrected chi connectivity index (χ2v) is 10.8. The molecule has 2 saturated heterocycles. The average molecular weight is 489 g/mol. The van der Waals surface area contributed by atoms with E-state index >= 15 is 0 Å². The molecule has 2 amide bonds. The van der Waals surface area contributed by atoms with E-state index < -0.39 is 0 Å². The SMILES string of the molecule is C[C@H]1CCCCN1CCCNC(=O)[C@@H](C1CCCC1)N1CCN(C(=O)c2cccc(Cl)c2)CC1. The van der Waals surface area contributed by atoms with Crippen molar-refractivity contribution < 1.29 is 9.59 Å². The molecule has 1 saturated carbocycles. The molecule has 0 unspecified atom stereocenters. The molecule has 2 aliphatic heterocycles. The van der Waals surface area contributed by atoms with Crippen molar-refractivity contribution in [2.45, 2.75) is 70.4 Å². The third-order valence-corrected chi connectivity index (χ3v) is 8.28. The summed E-state index contributed by atoms with van der Waals surface area (Å²) in [4.78, 5) is 33.1. The number of carbonyl (C=O) groups is 2. The maximum absolute atomic E-state index is 13.4. The van der Waals surface area contributed by atoms with Crippen LogP contribution in [0.5, 0.6) is 0 Å². The van der Waals surface area contributed by atoms with Crippen molar-refractivity contribution in [1.82, 2.24) is 20.0 Å². The fourth-order valence-corrected chi connectivity index (χ4v) is 6.24. The second kappa shape index (κ2) is 12.4. The van der Waals surface area contributed by atoms with Gasteiger partial charge in [-0.3, -0.25) is 14.5 Å². The van der Waals surface area contributed by atoms with Crippen LogP contribution in [0.15, 0.2) is 24.3 Å². The Kier molecular flexibility index (Phi) is 9.26. The smallest absolute Gasteiger partial charge is 0.253 e. The fourth-order valence-electron chi connectivity index (χ4n) is 6.05. The molecule has 1 aromatic rings. The number of nitrogens with zero attached hydrogens (tertiary/aromatic N) is 3. The standard InChI is InChI=1S/C27H41ClN4O2/c1-21-8-4-5-14-30(21)15-7-13-29-26(33)25(22-9-2-3-10-22)31-16-18-32(19-17-31)27(34)23-11-6-12-24(28)20-23/h6,11-12,20-22,25H,2-5,7-10,13-19H2,1H3,(H,29,33)/t21-,25+/m0/s1. The van der Waals surface area contributed by atoms with Gasteiger partial charge in [0.25, 0.3) is 5.91 Å². The van der Waals surface area contributed by atoms with E-state index in [9.17, 15) is 9.59 Å². The molecule has 34 heavy (non-hydrogen) atoms. The lowest BCUT2D eigenvalue weighted by Gasteiger charge is -2.41. The maximum Gasteiger partial charge on any atom is 0.253 e. The summed E-state index contributed by atoms with van der Waals surface area (Å²) in [6.45, 7) is 8.11. The van der Waals surface area contributed by atoms with Gasteiger partial charge in [0.05, 0.1) is 6.04 Å². The van der Waals surface area contributed by atoms with Crippen molar-refractivity contribution in [3.05, 3.63) is 34.9 Å². The van der Waals surface area contributed by atoms with E-state index in [0.717, 1.165) is 45.4 Å². The minimum absolute atomic E-state index is 0.0240. The van der Waals surface area contributed by atoms with Crippen LogP contribution in [0.4, 0.5) is 0 Å². The Hall–Kier alpha value is -1.63. The summed E-state index contributed by atoms with van der Waals surface area (Å²) in [6.07, 6.45) is 9.64. The Morgan fingerprint density at radius 1 is 1.03 bits per heavy atom. The number of benzene rings is 1. The van der Waals surface area contributed by atoms with Crippen molar-refractivity contribution in [3.63, 3.8) is 0 Å². The fraction of sp³-hybridized carbons (Fsp3) is 0.704. The van der Waals surface area contributed by atoms with E-state index in [2.05, 4.69) is 22.0 Å². The highest BCUT2D eigenvalue weighted by Gasteiger charge is 2.37. The van der Waals surface area contributed by atoms with Gasteiger partial charge in [0.15, 0.2) is 0 Å². The van der Waals surface area contributed by atoms with E-state index in [-0.39, 0.29) is 17.9 Å². The molecule has 6 nitrogen and oxygen atoms in total. The third kappa shape index (κ3) is 6.52. The molecule has 1 N–H and O–H groups in total. The molecular formula is C27H41ClN4O2. The number of hydrogen-bond donors (Lipinski definition) is 1. The summed E-state index contributed by atoms with van der Waals surface area (Å²) in [5.74, 6) is 0.640. The van der Waals surface area contributed by atoms with Crippen LogP contribution in [0.25, 0.3) is 0 Å². The summed E-state index contributed by atoms with van der Waals surface area (Å²) in [7, 11) is 0. The highest BCUT2D eigenvalue weighted by atomic mass is 35.5. The van der Waals surface area contributed by atoms with Crippen LogP contribution in [0.1, 0.15) is 68.6 Å². The van der Waals surface area contributed by atoms with Gasteiger partial charge in [0, 0.05) is 55.9 Å². The summed E-state index contributed by atoms with van der Waals surface area (Å²) in [5, 5.41) is 3.86. The van der Waals surface area contributed by atoms with Crippen LogP contribution in [-0.2, 0) is 4.79 Å². The molecular weight excluding hydrogens is 448 g/mol. The van der Waals surface area contributed by atoms with Crippen LogP contribution in [0.2, 0.25) is 5.02 Å². The molecule has 4 rings (SSSR count). The van der Waals surface area contributed by atoms with Gasteiger partial charge in [-0.1, -0.05) is 36.9 Å². The summed E-state index contributed by atoms with van der Waals surface area (Å²) < 4.78 is 0. The molecule has 1 aromatic carbocycles. The van der Waals surface area contributed by atoms with Gasteiger partial charge in [-0.05, 0) is 69.7 Å². The van der Waals surface area contributed by atoms with Crippen molar-refractivity contribution in [3.8, 4) is 0 Å². The van der Waals surface area contributed by atoms with Gasteiger partial charge >= 0.3 is 0 Å². The number of hydrogen-bond acceptors (Lipinski definition) is 4. The van der Waals surface area contributed by atoms with Crippen LogP contribution in [0, 0.1) is 5.92 Å². The van der Waals surface area contributed by atoms with Gasteiger partial charge in [0.1, 0.15) is 0 Å². The molecule has 2 atom stereocenters. The van der Waals surface area contributed by atoms with Crippen LogP contribution < -0.4 is 5.32 Å². The molecule has 1 aliphatic carbocycles. The predicted octanol–water partition coefficient (Wildman–Crippen LogP) is 4.04. The summed E-state index contributed by atoms with van der Waals surface area (Å²) >= 11 is 6.08. The molecule has 188 valence electrons. The molecule has 0 spiro atoms. The quantitative estimate of drug-likeness (QED) is 0.561. The highest BCUT2D eigenvalue weighted by Crippen LogP contribution is 2.31. The first-order valence-corrected chi connectivity index (χ1v) is 13.7. The van der Waals surface area contributed by atoms with Crippen molar-refractivity contribution in [1.29, 1.82) is 0 Å². The normalized spacial score (nSPS) is 23.7. The van der Waals surface area contributed by atoms with E-state index in [4.69, 9.17) is 11.6 Å². The first-order valence-electron chi connectivity index (χ1n) is 13.3. The lowest BCUT2D eigenvalue weighted by Crippen LogP contribution is -2.58. The van der Waals surface area contributed by atoms with Gasteiger partial charge in [-0.15, -0.1) is 0 Å². The molecule has 3 aliphatic rings. The number of piperazine rings is 1. The zero-order valence-corrected chi connectivity index (χ0v) is 21.4.